The number of carbonyl (C=O) groups excluding carboxylic acids is 1. The van der Waals surface area contributed by atoms with Gasteiger partial charge in [-0.05, 0) is 48.0 Å². The minimum Gasteiger partial charge on any atom is -0.366 e. The molecule has 0 bridgehead atoms. The number of nitriles is 1. The van der Waals surface area contributed by atoms with Crippen molar-refractivity contribution in [3.8, 4) is 6.07 Å². The van der Waals surface area contributed by atoms with Gasteiger partial charge in [-0.2, -0.15) is 9.57 Å². The van der Waals surface area contributed by atoms with Crippen molar-refractivity contribution >= 4 is 44.7 Å². The summed E-state index contributed by atoms with van der Waals surface area (Å²) in [5.41, 5.74) is 6.96. The molecule has 33 heavy (non-hydrogen) atoms. The molecule has 1 fully saturated rings. The van der Waals surface area contributed by atoms with E-state index in [0.29, 0.717) is 54.3 Å². The number of benzene rings is 1. The van der Waals surface area contributed by atoms with Crippen LogP contribution in [0.4, 0.5) is 5.82 Å². The summed E-state index contributed by atoms with van der Waals surface area (Å²) in [5.74, 6) is 0.164. The van der Waals surface area contributed by atoms with Gasteiger partial charge in [0.15, 0.2) is 0 Å². The number of pyridine rings is 1. The van der Waals surface area contributed by atoms with Crippen LogP contribution in [-0.4, -0.2) is 49.8 Å². The summed E-state index contributed by atoms with van der Waals surface area (Å²) in [7, 11) is -3.64. The first-order valence-electron chi connectivity index (χ1n) is 10.1. The lowest BCUT2D eigenvalue weighted by Crippen LogP contribution is -2.48. The average molecular weight is 502 g/mol. The van der Waals surface area contributed by atoms with Crippen LogP contribution >= 0.6 is 22.9 Å². The Kier molecular flexibility index (Phi) is 6.67. The number of anilines is 1. The Labute approximate surface area is 200 Å². The zero-order chi connectivity index (χ0) is 23.6. The summed E-state index contributed by atoms with van der Waals surface area (Å²) in [4.78, 5) is 18.8. The van der Waals surface area contributed by atoms with Crippen molar-refractivity contribution in [2.24, 2.45) is 5.73 Å². The van der Waals surface area contributed by atoms with Crippen LogP contribution in [0.1, 0.15) is 26.4 Å². The number of hydrogen-bond acceptors (Lipinski definition) is 7. The number of thiophene rings is 1. The van der Waals surface area contributed by atoms with Crippen molar-refractivity contribution < 1.29 is 13.2 Å². The molecule has 1 aromatic carbocycles. The fourth-order valence-electron chi connectivity index (χ4n) is 3.65. The fourth-order valence-corrected chi connectivity index (χ4v) is 6.80. The quantitative estimate of drug-likeness (QED) is 0.554. The minimum absolute atomic E-state index is 0.255. The number of nitrogens with zero attached hydrogens (tertiary/aromatic N) is 4. The Morgan fingerprint density at radius 2 is 1.91 bits per heavy atom. The number of piperazine rings is 1. The second-order valence-corrected chi connectivity index (χ2v) is 11.2. The lowest BCUT2D eigenvalue weighted by atomic mass is 10.0. The molecule has 3 heterocycles. The molecule has 8 nitrogen and oxygen atoms in total. The largest absolute Gasteiger partial charge is 0.366 e. The first-order chi connectivity index (χ1) is 15.8. The Bertz CT molecular complexity index is 1320. The predicted molar refractivity (Wildman–Crippen MR) is 127 cm³/mol. The highest BCUT2D eigenvalue weighted by atomic mass is 35.5. The number of carbonyl (C=O) groups is 1. The lowest BCUT2D eigenvalue weighted by molar-refractivity contribution is 0.0999. The Hall–Kier alpha value is -2.97. The highest BCUT2D eigenvalue weighted by Crippen LogP contribution is 2.29. The van der Waals surface area contributed by atoms with Crippen LogP contribution in [-0.2, 0) is 16.4 Å². The van der Waals surface area contributed by atoms with Crippen LogP contribution in [0.3, 0.4) is 0 Å². The van der Waals surface area contributed by atoms with E-state index >= 15 is 0 Å². The molecule has 0 saturated carbocycles. The van der Waals surface area contributed by atoms with E-state index in [4.69, 9.17) is 22.6 Å². The van der Waals surface area contributed by atoms with Crippen LogP contribution in [0, 0.1) is 11.3 Å². The van der Waals surface area contributed by atoms with Crippen LogP contribution in [0.2, 0.25) is 5.02 Å². The molecule has 2 N–H and O–H groups in total. The number of amides is 1. The van der Waals surface area contributed by atoms with Crippen LogP contribution in [0.5, 0.6) is 0 Å². The third kappa shape index (κ3) is 5.02. The van der Waals surface area contributed by atoms with Crippen LogP contribution in [0.15, 0.2) is 52.9 Å². The maximum atomic E-state index is 13.2. The van der Waals surface area contributed by atoms with Gasteiger partial charge < -0.3 is 10.6 Å². The number of rotatable bonds is 6. The highest BCUT2D eigenvalue weighted by molar-refractivity contribution is 7.91. The van der Waals surface area contributed by atoms with E-state index in [1.165, 1.54) is 21.8 Å². The fraction of sp³-hybridized carbons (Fsp3) is 0.227. The molecule has 2 aromatic heterocycles. The topological polar surface area (TPSA) is 120 Å². The molecule has 0 atom stereocenters. The molecule has 0 aliphatic carbocycles. The molecular formula is C22H20ClN5O3S2. The molecule has 1 aliphatic heterocycles. The van der Waals surface area contributed by atoms with E-state index in [-0.39, 0.29) is 4.21 Å². The molecule has 1 saturated heterocycles. The van der Waals surface area contributed by atoms with E-state index in [9.17, 15) is 13.2 Å². The monoisotopic (exact) mass is 501 g/mol. The average Bonchev–Trinajstić information content (AvgIpc) is 3.28. The zero-order valence-electron chi connectivity index (χ0n) is 17.4. The van der Waals surface area contributed by atoms with Gasteiger partial charge in [0.05, 0.1) is 5.56 Å². The van der Waals surface area contributed by atoms with E-state index in [2.05, 4.69) is 4.98 Å². The molecule has 3 aromatic rings. The van der Waals surface area contributed by atoms with Gasteiger partial charge in [-0.25, -0.2) is 13.4 Å². The Morgan fingerprint density at radius 3 is 2.55 bits per heavy atom. The molecule has 0 spiro atoms. The summed E-state index contributed by atoms with van der Waals surface area (Å²) in [6, 6.07) is 13.7. The van der Waals surface area contributed by atoms with Crippen molar-refractivity contribution in [3.63, 3.8) is 0 Å². The van der Waals surface area contributed by atoms with E-state index in [1.807, 2.05) is 11.0 Å². The van der Waals surface area contributed by atoms with E-state index < -0.39 is 15.9 Å². The van der Waals surface area contributed by atoms with Crippen molar-refractivity contribution in [2.75, 3.05) is 31.1 Å². The van der Waals surface area contributed by atoms with Crippen molar-refractivity contribution in [2.45, 2.75) is 10.6 Å². The molecule has 4 rings (SSSR count). The molecule has 170 valence electrons. The summed E-state index contributed by atoms with van der Waals surface area (Å²) >= 11 is 7.24. The van der Waals surface area contributed by atoms with Gasteiger partial charge >= 0.3 is 0 Å². The first-order valence-corrected chi connectivity index (χ1v) is 12.7. The number of sulfonamides is 1. The molecule has 1 amide bonds. The summed E-state index contributed by atoms with van der Waals surface area (Å²) in [6.07, 6.45) is 1.87. The standard InChI is InChI=1S/C22H20ClN5O3S2/c23-17-2-4-19(22(25)29)16(11-17)12-18-3-6-21(32-18)33(30,31)28-9-7-27(8-10-28)20-5-1-15(13-24)14-26-20/h1-6,11,14H,7-10,12H2,(H2,25,29). The molecule has 0 unspecified atom stereocenters. The molecule has 11 heteroatoms. The predicted octanol–water partition coefficient (Wildman–Crippen LogP) is 2.87. The Morgan fingerprint density at radius 1 is 1.15 bits per heavy atom. The van der Waals surface area contributed by atoms with Gasteiger partial charge in [-0.15, -0.1) is 11.3 Å². The maximum absolute atomic E-state index is 13.2. The minimum atomic E-state index is -3.64. The van der Waals surface area contributed by atoms with Gasteiger partial charge in [0, 0.05) is 54.3 Å². The number of primary amides is 1. The van der Waals surface area contributed by atoms with Crippen molar-refractivity contribution in [3.05, 3.63) is 75.3 Å². The molecular weight excluding hydrogens is 482 g/mol. The van der Waals surface area contributed by atoms with Crippen molar-refractivity contribution in [1.29, 1.82) is 5.26 Å². The van der Waals surface area contributed by atoms with Gasteiger partial charge in [0.25, 0.3) is 10.0 Å². The summed E-state index contributed by atoms with van der Waals surface area (Å²) < 4.78 is 28.1. The number of hydrogen-bond donors (Lipinski definition) is 1. The first kappa shape index (κ1) is 23.2. The summed E-state index contributed by atoms with van der Waals surface area (Å²) in [5, 5.41) is 9.38. The number of halogens is 1. The van der Waals surface area contributed by atoms with Crippen LogP contribution in [0.25, 0.3) is 0 Å². The van der Waals surface area contributed by atoms with E-state index in [1.54, 1.807) is 42.5 Å². The highest BCUT2D eigenvalue weighted by Gasteiger charge is 2.30. The zero-order valence-corrected chi connectivity index (χ0v) is 19.8. The van der Waals surface area contributed by atoms with Gasteiger partial charge in [-0.3, -0.25) is 4.79 Å². The molecule has 0 radical (unpaired) electrons. The summed E-state index contributed by atoms with van der Waals surface area (Å²) in [6.45, 7) is 1.66. The second-order valence-electron chi connectivity index (χ2n) is 7.47. The maximum Gasteiger partial charge on any atom is 0.252 e. The smallest absolute Gasteiger partial charge is 0.252 e. The molecule has 1 aliphatic rings. The SMILES string of the molecule is N#Cc1ccc(N2CCN(S(=O)(=O)c3ccc(Cc4cc(Cl)ccc4C(N)=O)s3)CC2)nc1. The van der Waals surface area contributed by atoms with Crippen molar-refractivity contribution in [1.82, 2.24) is 9.29 Å². The lowest BCUT2D eigenvalue weighted by Gasteiger charge is -2.34. The Balaban J connectivity index is 1.46. The van der Waals surface area contributed by atoms with Gasteiger partial charge in [-0.1, -0.05) is 11.6 Å². The third-order valence-electron chi connectivity index (χ3n) is 5.37. The van der Waals surface area contributed by atoms with E-state index in [0.717, 1.165) is 10.7 Å². The van der Waals surface area contributed by atoms with Crippen LogP contribution < -0.4 is 10.6 Å². The number of aromatic nitrogens is 1. The third-order valence-corrected chi connectivity index (χ3v) is 9.05. The second kappa shape index (κ2) is 9.49. The van der Waals surface area contributed by atoms with Gasteiger partial charge in [0.1, 0.15) is 16.1 Å². The normalized spacial score (nSPS) is 14.7. The van der Waals surface area contributed by atoms with Gasteiger partial charge in [0.2, 0.25) is 5.91 Å². The number of nitrogens with two attached hydrogens (primary N) is 1.